The zero-order chi connectivity index (χ0) is 14.3. The van der Waals surface area contributed by atoms with E-state index in [-0.39, 0.29) is 11.3 Å². The average molecular weight is 308 g/mol. The summed E-state index contributed by atoms with van der Waals surface area (Å²) in [6.45, 7) is 6.25. The van der Waals surface area contributed by atoms with Gasteiger partial charge >= 0.3 is 0 Å². The summed E-state index contributed by atoms with van der Waals surface area (Å²) in [7, 11) is 0. The van der Waals surface area contributed by atoms with Crippen molar-refractivity contribution >= 4 is 33.7 Å². The number of anilines is 1. The molecule has 0 atom stereocenters. The molecule has 0 saturated heterocycles. The van der Waals surface area contributed by atoms with Crippen LogP contribution >= 0.6 is 22.7 Å². The number of nitrogens with one attached hydrogen (secondary N) is 1. The fourth-order valence-electron chi connectivity index (χ4n) is 1.66. The predicted molar refractivity (Wildman–Crippen MR) is 80.7 cm³/mol. The van der Waals surface area contributed by atoms with E-state index in [1.165, 1.54) is 35.5 Å². The minimum Gasteiger partial charge on any atom is -0.296 e. The van der Waals surface area contributed by atoms with Gasteiger partial charge in [0, 0.05) is 11.3 Å². The zero-order valence-corrected chi connectivity index (χ0v) is 13.3. The van der Waals surface area contributed by atoms with Gasteiger partial charge in [-0.05, 0) is 12.8 Å². The number of aromatic nitrogens is 3. The number of carbonyl (C=O) groups excluding carboxylic acids is 1. The van der Waals surface area contributed by atoms with E-state index in [0.29, 0.717) is 15.9 Å². The number of nitrogens with zero attached hydrogens (tertiary/aromatic N) is 3. The van der Waals surface area contributed by atoms with E-state index in [2.05, 4.69) is 41.3 Å². The Hall–Kier alpha value is -1.34. The number of thiazole rings is 1. The molecule has 0 radical (unpaired) electrons. The van der Waals surface area contributed by atoms with Crippen molar-refractivity contribution in [3.63, 3.8) is 0 Å². The van der Waals surface area contributed by atoms with Gasteiger partial charge in [-0.3, -0.25) is 10.1 Å². The molecule has 1 aliphatic carbocycles. The van der Waals surface area contributed by atoms with Crippen molar-refractivity contribution in [3.8, 4) is 0 Å². The second-order valence-electron chi connectivity index (χ2n) is 5.95. The maximum atomic E-state index is 12.1. The predicted octanol–water partition coefficient (Wildman–Crippen LogP) is 3.42. The normalized spacial score (nSPS) is 15.3. The monoisotopic (exact) mass is 308 g/mol. The van der Waals surface area contributed by atoms with Crippen LogP contribution in [0.5, 0.6) is 0 Å². The smallest absolute Gasteiger partial charge is 0.269 e. The molecule has 5 nitrogen and oxygen atoms in total. The minimum atomic E-state index is -0.156. The molecule has 106 valence electrons. The topological polar surface area (TPSA) is 67.8 Å². The molecule has 2 aromatic rings. The van der Waals surface area contributed by atoms with Gasteiger partial charge in [-0.1, -0.05) is 32.1 Å². The standard InChI is InChI=1S/C13H16N4OS2/c1-13(2,3)11-14-6-8(19-11)9(18)15-12-17-16-10(20-12)7-4-5-7/h6-7H,4-5H2,1-3H3,(H,15,17,18). The summed E-state index contributed by atoms with van der Waals surface area (Å²) < 4.78 is 0. The molecule has 7 heteroatoms. The number of hydrogen-bond donors (Lipinski definition) is 1. The molecule has 0 bridgehead atoms. The van der Waals surface area contributed by atoms with E-state index in [4.69, 9.17) is 0 Å². The van der Waals surface area contributed by atoms with Gasteiger partial charge in [-0.15, -0.1) is 21.5 Å². The second-order valence-corrected chi connectivity index (χ2v) is 7.99. The summed E-state index contributed by atoms with van der Waals surface area (Å²) in [4.78, 5) is 17.1. The molecule has 1 fully saturated rings. The van der Waals surface area contributed by atoms with E-state index in [1.807, 2.05) is 0 Å². The third kappa shape index (κ3) is 2.88. The van der Waals surface area contributed by atoms with E-state index in [9.17, 15) is 4.79 Å². The minimum absolute atomic E-state index is 0.0366. The lowest BCUT2D eigenvalue weighted by atomic mass is 9.98. The van der Waals surface area contributed by atoms with Crippen molar-refractivity contribution in [2.24, 2.45) is 0 Å². The maximum absolute atomic E-state index is 12.1. The summed E-state index contributed by atoms with van der Waals surface area (Å²) in [6, 6.07) is 0. The largest absolute Gasteiger partial charge is 0.296 e. The molecule has 0 unspecified atom stereocenters. The van der Waals surface area contributed by atoms with Crippen LogP contribution in [0.1, 0.15) is 59.2 Å². The molecule has 0 aliphatic heterocycles. The maximum Gasteiger partial charge on any atom is 0.269 e. The molecule has 20 heavy (non-hydrogen) atoms. The third-order valence-corrected chi connectivity index (χ3v) is 5.38. The molecular weight excluding hydrogens is 292 g/mol. The lowest BCUT2D eigenvalue weighted by Crippen LogP contribution is -2.10. The Morgan fingerprint density at radius 2 is 2.05 bits per heavy atom. The Kier molecular flexibility index (Phi) is 3.33. The van der Waals surface area contributed by atoms with E-state index >= 15 is 0 Å². The summed E-state index contributed by atoms with van der Waals surface area (Å²) in [5.41, 5.74) is -0.0366. The Morgan fingerprint density at radius 1 is 1.30 bits per heavy atom. The molecule has 2 aromatic heterocycles. The highest BCUT2D eigenvalue weighted by Crippen LogP contribution is 2.42. The van der Waals surface area contributed by atoms with Crippen molar-refractivity contribution in [1.29, 1.82) is 0 Å². The first-order valence-corrected chi connectivity index (χ1v) is 8.18. The van der Waals surface area contributed by atoms with Crippen LogP contribution in [0.25, 0.3) is 0 Å². The highest BCUT2D eigenvalue weighted by atomic mass is 32.1. The molecule has 1 saturated carbocycles. The quantitative estimate of drug-likeness (QED) is 0.943. The van der Waals surface area contributed by atoms with Crippen molar-refractivity contribution in [2.75, 3.05) is 5.32 Å². The van der Waals surface area contributed by atoms with E-state index < -0.39 is 0 Å². The van der Waals surface area contributed by atoms with Crippen LogP contribution in [-0.2, 0) is 5.41 Å². The summed E-state index contributed by atoms with van der Waals surface area (Å²) in [5.74, 6) is 0.408. The van der Waals surface area contributed by atoms with Gasteiger partial charge in [0.2, 0.25) is 5.13 Å². The SMILES string of the molecule is CC(C)(C)c1ncc(C(=O)Nc2nnc(C3CC3)s2)s1. The molecule has 3 rings (SSSR count). The Bertz CT molecular complexity index is 637. The second kappa shape index (κ2) is 4.89. The van der Waals surface area contributed by atoms with Crippen molar-refractivity contribution < 1.29 is 4.79 Å². The van der Waals surface area contributed by atoms with Crippen LogP contribution in [0, 0.1) is 0 Å². The lowest BCUT2D eigenvalue weighted by Gasteiger charge is -2.13. The van der Waals surface area contributed by atoms with Gasteiger partial charge in [0.15, 0.2) is 0 Å². The fraction of sp³-hybridized carbons (Fsp3) is 0.538. The molecule has 2 heterocycles. The highest BCUT2D eigenvalue weighted by molar-refractivity contribution is 7.16. The molecule has 1 amide bonds. The van der Waals surface area contributed by atoms with Crippen LogP contribution in [0.4, 0.5) is 5.13 Å². The summed E-state index contributed by atoms with van der Waals surface area (Å²) in [5, 5.41) is 13.5. The van der Waals surface area contributed by atoms with E-state index in [0.717, 1.165) is 10.0 Å². The molecule has 1 aliphatic rings. The summed E-state index contributed by atoms with van der Waals surface area (Å²) in [6.07, 6.45) is 4.00. The van der Waals surface area contributed by atoms with Gasteiger partial charge in [0.25, 0.3) is 5.91 Å². The van der Waals surface area contributed by atoms with Crippen molar-refractivity contribution in [3.05, 3.63) is 21.1 Å². The first kappa shape index (κ1) is 13.6. The molecular formula is C13H16N4OS2. The van der Waals surface area contributed by atoms with Gasteiger partial charge in [-0.25, -0.2) is 4.98 Å². The Labute approximate surface area is 125 Å². The Morgan fingerprint density at radius 3 is 2.65 bits per heavy atom. The Balaban J connectivity index is 1.70. The van der Waals surface area contributed by atoms with Gasteiger partial charge in [0.05, 0.1) is 11.2 Å². The first-order valence-electron chi connectivity index (χ1n) is 6.54. The van der Waals surface area contributed by atoms with Crippen LogP contribution in [0.2, 0.25) is 0 Å². The van der Waals surface area contributed by atoms with Crippen LogP contribution in [-0.4, -0.2) is 21.1 Å². The number of amides is 1. The van der Waals surface area contributed by atoms with Crippen LogP contribution in [0.15, 0.2) is 6.20 Å². The van der Waals surface area contributed by atoms with Crippen LogP contribution < -0.4 is 5.32 Å². The summed E-state index contributed by atoms with van der Waals surface area (Å²) >= 11 is 2.89. The third-order valence-electron chi connectivity index (χ3n) is 2.96. The van der Waals surface area contributed by atoms with Crippen molar-refractivity contribution in [1.82, 2.24) is 15.2 Å². The lowest BCUT2D eigenvalue weighted by molar-refractivity contribution is 0.103. The van der Waals surface area contributed by atoms with Crippen LogP contribution in [0.3, 0.4) is 0 Å². The molecule has 0 spiro atoms. The number of rotatable bonds is 3. The van der Waals surface area contributed by atoms with Gasteiger partial charge in [-0.2, -0.15) is 0 Å². The van der Waals surface area contributed by atoms with Gasteiger partial charge in [0.1, 0.15) is 9.88 Å². The fourth-order valence-corrected chi connectivity index (χ4v) is 3.44. The highest BCUT2D eigenvalue weighted by Gasteiger charge is 2.28. The molecule has 1 N–H and O–H groups in total. The van der Waals surface area contributed by atoms with Crippen molar-refractivity contribution in [2.45, 2.75) is 44.9 Å². The average Bonchev–Trinajstić information content (AvgIpc) is 2.91. The van der Waals surface area contributed by atoms with Gasteiger partial charge < -0.3 is 0 Å². The van der Waals surface area contributed by atoms with E-state index in [1.54, 1.807) is 6.20 Å². The zero-order valence-electron chi connectivity index (χ0n) is 11.6. The first-order chi connectivity index (χ1) is 9.43. The number of carbonyl (C=O) groups is 1. The number of hydrogen-bond acceptors (Lipinski definition) is 6. The molecule has 0 aromatic carbocycles.